The van der Waals surface area contributed by atoms with Gasteiger partial charge in [0.05, 0.1) is 6.10 Å². The highest BCUT2D eigenvalue weighted by Crippen LogP contribution is 2.29. The first kappa shape index (κ1) is 10.9. The van der Waals surface area contributed by atoms with Gasteiger partial charge in [0.2, 0.25) is 0 Å². The van der Waals surface area contributed by atoms with E-state index in [0.717, 1.165) is 37.5 Å². The molecule has 1 atom stereocenters. The Labute approximate surface area is 101 Å². The van der Waals surface area contributed by atoms with Gasteiger partial charge in [0, 0.05) is 38.3 Å². The fraction of sp³-hybridized carbons (Fsp3) is 0.538. The smallest absolute Gasteiger partial charge is 0.122 e. The van der Waals surface area contributed by atoms with Crippen molar-refractivity contribution >= 4 is 5.69 Å². The Balaban J connectivity index is 1.84. The third-order valence-corrected chi connectivity index (χ3v) is 3.41. The van der Waals surface area contributed by atoms with Gasteiger partial charge < -0.3 is 20.1 Å². The number of hydrogen-bond acceptors (Lipinski definition) is 4. The van der Waals surface area contributed by atoms with E-state index in [1.807, 2.05) is 6.07 Å². The molecule has 2 heterocycles. The molecule has 4 nitrogen and oxygen atoms in total. The third-order valence-electron chi connectivity index (χ3n) is 3.41. The number of aliphatic hydroxyl groups is 1. The monoisotopic (exact) mass is 234 g/mol. The van der Waals surface area contributed by atoms with Crippen LogP contribution in [0.15, 0.2) is 18.2 Å². The quantitative estimate of drug-likeness (QED) is 0.738. The molecule has 1 saturated heterocycles. The van der Waals surface area contributed by atoms with E-state index < -0.39 is 0 Å². The van der Waals surface area contributed by atoms with Gasteiger partial charge in [-0.15, -0.1) is 0 Å². The number of hydrogen-bond donors (Lipinski definition) is 2. The van der Waals surface area contributed by atoms with Crippen molar-refractivity contribution in [1.29, 1.82) is 0 Å². The van der Waals surface area contributed by atoms with Gasteiger partial charge in [0.15, 0.2) is 0 Å². The van der Waals surface area contributed by atoms with Crippen LogP contribution in [0.2, 0.25) is 0 Å². The minimum atomic E-state index is -0.360. The highest BCUT2D eigenvalue weighted by Gasteiger charge is 2.19. The summed E-state index contributed by atoms with van der Waals surface area (Å²) in [6.07, 6.45) is 0.343. The van der Waals surface area contributed by atoms with Gasteiger partial charge in [-0.1, -0.05) is 0 Å². The molecule has 0 saturated carbocycles. The summed E-state index contributed by atoms with van der Waals surface area (Å²) in [6.45, 7) is 4.58. The predicted octanol–water partition coefficient (Wildman–Crippen LogP) is 0.392. The van der Waals surface area contributed by atoms with E-state index in [2.05, 4.69) is 22.3 Å². The van der Waals surface area contributed by atoms with Crippen molar-refractivity contribution in [3.63, 3.8) is 0 Å². The molecule has 1 aromatic rings. The maximum absolute atomic E-state index is 9.61. The Bertz CT molecular complexity index is 402. The molecule has 0 aromatic heterocycles. The molecule has 0 aliphatic carbocycles. The lowest BCUT2D eigenvalue weighted by atomic mass is 10.0. The molecule has 2 aliphatic rings. The molecule has 0 amide bonds. The highest BCUT2D eigenvalue weighted by atomic mass is 16.5. The van der Waals surface area contributed by atoms with Gasteiger partial charge in [0.25, 0.3) is 0 Å². The summed E-state index contributed by atoms with van der Waals surface area (Å²) in [5.74, 6) is 0.925. The predicted molar refractivity (Wildman–Crippen MR) is 66.7 cm³/mol. The van der Waals surface area contributed by atoms with Crippen molar-refractivity contribution in [1.82, 2.24) is 5.32 Å². The molecule has 1 fully saturated rings. The first-order valence-electron chi connectivity index (χ1n) is 6.22. The summed E-state index contributed by atoms with van der Waals surface area (Å²) < 4.78 is 5.50. The number of aliphatic hydroxyl groups excluding tert-OH is 1. The molecule has 1 unspecified atom stereocenters. The summed E-state index contributed by atoms with van der Waals surface area (Å²) in [5, 5.41) is 13.0. The van der Waals surface area contributed by atoms with Crippen LogP contribution in [0.25, 0.3) is 0 Å². The largest absolute Gasteiger partial charge is 0.491 e. The minimum Gasteiger partial charge on any atom is -0.491 e. The van der Waals surface area contributed by atoms with Gasteiger partial charge in [-0.25, -0.2) is 0 Å². The van der Waals surface area contributed by atoms with Crippen LogP contribution in [0.4, 0.5) is 5.69 Å². The van der Waals surface area contributed by atoms with E-state index in [0.29, 0.717) is 13.0 Å². The topological polar surface area (TPSA) is 44.7 Å². The maximum Gasteiger partial charge on any atom is 0.122 e. The molecular formula is C13H18N2O2. The molecular weight excluding hydrogens is 216 g/mol. The average molecular weight is 234 g/mol. The molecule has 4 heteroatoms. The summed E-state index contributed by atoms with van der Waals surface area (Å²) in [4.78, 5) is 2.37. The SMILES string of the molecule is OC1COc2ccc(N3CCNCC3)cc2C1. The van der Waals surface area contributed by atoms with E-state index in [4.69, 9.17) is 4.74 Å². The normalized spacial score (nSPS) is 24.1. The number of piperazine rings is 1. The Morgan fingerprint density at radius 2 is 2.12 bits per heavy atom. The fourth-order valence-corrected chi connectivity index (χ4v) is 2.48. The van der Waals surface area contributed by atoms with Crippen LogP contribution in [0.5, 0.6) is 5.75 Å². The first-order chi connectivity index (χ1) is 8.33. The number of nitrogens with zero attached hydrogens (tertiary/aromatic N) is 1. The Hall–Kier alpha value is -1.26. The zero-order valence-corrected chi connectivity index (χ0v) is 9.85. The summed E-state index contributed by atoms with van der Waals surface area (Å²) in [7, 11) is 0. The number of ether oxygens (including phenoxy) is 1. The Morgan fingerprint density at radius 3 is 2.94 bits per heavy atom. The summed E-state index contributed by atoms with van der Waals surface area (Å²) in [6, 6.07) is 6.30. The standard InChI is InChI=1S/C13H18N2O2/c16-12-8-10-7-11(1-2-13(10)17-9-12)15-5-3-14-4-6-15/h1-2,7,12,14,16H,3-6,8-9H2. The van der Waals surface area contributed by atoms with Crippen molar-refractivity contribution in [3.05, 3.63) is 23.8 Å². The highest BCUT2D eigenvalue weighted by molar-refractivity contribution is 5.54. The van der Waals surface area contributed by atoms with Crippen molar-refractivity contribution in [2.75, 3.05) is 37.7 Å². The van der Waals surface area contributed by atoms with Gasteiger partial charge in [-0.3, -0.25) is 0 Å². The van der Waals surface area contributed by atoms with E-state index in [1.165, 1.54) is 5.69 Å². The van der Waals surface area contributed by atoms with Gasteiger partial charge in [-0.2, -0.15) is 0 Å². The second kappa shape index (κ2) is 4.55. The van der Waals surface area contributed by atoms with Crippen molar-refractivity contribution in [2.24, 2.45) is 0 Å². The number of fused-ring (bicyclic) bond motifs is 1. The van der Waals surface area contributed by atoms with Gasteiger partial charge in [0.1, 0.15) is 12.4 Å². The molecule has 1 aromatic carbocycles. The number of rotatable bonds is 1. The summed E-state index contributed by atoms with van der Waals surface area (Å²) >= 11 is 0. The van der Waals surface area contributed by atoms with E-state index in [-0.39, 0.29) is 6.10 Å². The van der Waals surface area contributed by atoms with E-state index in [1.54, 1.807) is 0 Å². The van der Waals surface area contributed by atoms with Crippen LogP contribution in [0.1, 0.15) is 5.56 Å². The molecule has 0 bridgehead atoms. The molecule has 2 aliphatic heterocycles. The number of anilines is 1. The van der Waals surface area contributed by atoms with Gasteiger partial charge >= 0.3 is 0 Å². The van der Waals surface area contributed by atoms with E-state index >= 15 is 0 Å². The molecule has 92 valence electrons. The van der Waals surface area contributed by atoms with Gasteiger partial charge in [-0.05, 0) is 23.8 Å². The zero-order valence-electron chi connectivity index (χ0n) is 9.85. The van der Waals surface area contributed by atoms with Crippen LogP contribution in [0.3, 0.4) is 0 Å². The van der Waals surface area contributed by atoms with Crippen LogP contribution in [-0.2, 0) is 6.42 Å². The minimum absolute atomic E-state index is 0.360. The lowest BCUT2D eigenvalue weighted by molar-refractivity contribution is 0.0921. The third kappa shape index (κ3) is 2.23. The average Bonchev–Trinajstić information content (AvgIpc) is 2.39. The van der Waals surface area contributed by atoms with E-state index in [9.17, 15) is 5.11 Å². The number of nitrogens with one attached hydrogen (secondary N) is 1. The molecule has 3 rings (SSSR count). The lowest BCUT2D eigenvalue weighted by Crippen LogP contribution is -2.43. The van der Waals surface area contributed by atoms with Crippen LogP contribution >= 0.6 is 0 Å². The Morgan fingerprint density at radius 1 is 1.29 bits per heavy atom. The molecule has 0 spiro atoms. The van der Waals surface area contributed by atoms with Crippen LogP contribution in [0, 0.1) is 0 Å². The second-order valence-corrected chi connectivity index (χ2v) is 4.70. The summed E-state index contributed by atoms with van der Waals surface area (Å²) in [5.41, 5.74) is 2.36. The maximum atomic E-state index is 9.61. The Kier molecular flexibility index (Phi) is 2.91. The first-order valence-corrected chi connectivity index (χ1v) is 6.22. The zero-order chi connectivity index (χ0) is 11.7. The van der Waals surface area contributed by atoms with Crippen molar-refractivity contribution in [2.45, 2.75) is 12.5 Å². The van der Waals surface area contributed by atoms with Crippen LogP contribution < -0.4 is 15.0 Å². The second-order valence-electron chi connectivity index (χ2n) is 4.70. The molecule has 2 N–H and O–H groups in total. The number of benzene rings is 1. The van der Waals surface area contributed by atoms with Crippen molar-refractivity contribution in [3.8, 4) is 5.75 Å². The lowest BCUT2D eigenvalue weighted by Gasteiger charge is -2.31. The molecule has 17 heavy (non-hydrogen) atoms. The molecule has 0 radical (unpaired) electrons. The van der Waals surface area contributed by atoms with Crippen molar-refractivity contribution < 1.29 is 9.84 Å². The fourth-order valence-electron chi connectivity index (χ4n) is 2.48. The van der Waals surface area contributed by atoms with Crippen LogP contribution in [-0.4, -0.2) is 44.0 Å².